The van der Waals surface area contributed by atoms with Crippen LogP contribution < -0.4 is 0 Å². The highest BCUT2D eigenvalue weighted by Gasteiger charge is 2.36. The Hall–Kier alpha value is -1.65. The number of hydrogen-bond donors (Lipinski definition) is 1. The summed E-state index contributed by atoms with van der Waals surface area (Å²) < 4.78 is 4.24. The molecule has 1 aliphatic heterocycles. The van der Waals surface area contributed by atoms with Gasteiger partial charge in [-0.25, -0.2) is 9.59 Å². The maximum Gasteiger partial charge on any atom is 0.343 e. The molecule has 5 nitrogen and oxygen atoms in total. The van der Waals surface area contributed by atoms with Crippen LogP contribution in [-0.2, 0) is 19.1 Å². The molecule has 5 heteroatoms. The average Bonchev–Trinajstić information content (AvgIpc) is 2.26. The second-order valence-electron chi connectivity index (χ2n) is 2.78. The van der Waals surface area contributed by atoms with Crippen LogP contribution in [0.3, 0.4) is 0 Å². The van der Waals surface area contributed by atoms with Gasteiger partial charge >= 0.3 is 17.9 Å². The van der Waals surface area contributed by atoms with Crippen molar-refractivity contribution in [1.82, 2.24) is 0 Å². The van der Waals surface area contributed by atoms with Crippen molar-refractivity contribution in [2.45, 2.75) is 13.8 Å². The zero-order valence-electron chi connectivity index (χ0n) is 7.16. The number of ether oxygens (including phenoxy) is 1. The second kappa shape index (κ2) is 3.01. The highest BCUT2D eigenvalue weighted by atomic mass is 16.6. The quantitative estimate of drug-likeness (QED) is 0.486. The third-order valence-corrected chi connectivity index (χ3v) is 1.92. The zero-order valence-corrected chi connectivity index (χ0v) is 7.16. The van der Waals surface area contributed by atoms with Gasteiger partial charge in [-0.15, -0.1) is 0 Å². The Balaban J connectivity index is 3.09. The minimum Gasteiger partial charge on any atom is -0.481 e. The summed E-state index contributed by atoms with van der Waals surface area (Å²) in [6.07, 6.45) is 0. The van der Waals surface area contributed by atoms with Gasteiger partial charge in [0.15, 0.2) is 0 Å². The van der Waals surface area contributed by atoms with Crippen LogP contribution in [0.15, 0.2) is 11.1 Å². The van der Waals surface area contributed by atoms with Crippen LogP contribution in [0.2, 0.25) is 0 Å². The number of rotatable bonds is 2. The summed E-state index contributed by atoms with van der Waals surface area (Å²) in [6, 6.07) is 0. The van der Waals surface area contributed by atoms with Crippen molar-refractivity contribution in [1.29, 1.82) is 0 Å². The molecule has 1 atom stereocenters. The molecule has 0 aliphatic carbocycles. The number of carboxylic acid groups (broad SMARTS) is 1. The van der Waals surface area contributed by atoms with Crippen molar-refractivity contribution < 1.29 is 24.2 Å². The highest BCUT2D eigenvalue weighted by Crippen LogP contribution is 2.24. The van der Waals surface area contributed by atoms with Crippen molar-refractivity contribution in [3.05, 3.63) is 11.1 Å². The molecule has 1 rings (SSSR count). The first-order valence-electron chi connectivity index (χ1n) is 3.65. The smallest absolute Gasteiger partial charge is 0.343 e. The molecule has 13 heavy (non-hydrogen) atoms. The van der Waals surface area contributed by atoms with Crippen molar-refractivity contribution in [2.24, 2.45) is 5.92 Å². The van der Waals surface area contributed by atoms with Crippen LogP contribution in [0.4, 0.5) is 0 Å². The Morgan fingerprint density at radius 3 is 2.23 bits per heavy atom. The predicted octanol–water partition coefficient (Wildman–Crippen LogP) is 0.107. The van der Waals surface area contributed by atoms with Crippen LogP contribution in [0.25, 0.3) is 0 Å². The number of hydrogen-bond acceptors (Lipinski definition) is 4. The van der Waals surface area contributed by atoms with E-state index in [1.54, 1.807) is 0 Å². The largest absolute Gasteiger partial charge is 0.481 e. The third-order valence-electron chi connectivity index (χ3n) is 1.92. The molecule has 1 heterocycles. The van der Waals surface area contributed by atoms with Gasteiger partial charge in [0, 0.05) is 5.57 Å². The lowest BCUT2D eigenvalue weighted by atomic mass is 9.98. The predicted molar refractivity (Wildman–Crippen MR) is 40.6 cm³/mol. The van der Waals surface area contributed by atoms with Crippen LogP contribution in [-0.4, -0.2) is 23.0 Å². The molecule has 0 aromatic heterocycles. The molecule has 0 amide bonds. The van der Waals surface area contributed by atoms with Gasteiger partial charge in [0.2, 0.25) is 0 Å². The van der Waals surface area contributed by atoms with E-state index >= 15 is 0 Å². The van der Waals surface area contributed by atoms with Gasteiger partial charge in [-0.1, -0.05) is 0 Å². The van der Waals surface area contributed by atoms with Gasteiger partial charge in [0.05, 0.1) is 11.5 Å². The Kier molecular flexibility index (Phi) is 2.18. The fourth-order valence-electron chi connectivity index (χ4n) is 1.10. The van der Waals surface area contributed by atoms with Gasteiger partial charge in [0.1, 0.15) is 0 Å². The third kappa shape index (κ3) is 1.44. The summed E-state index contributed by atoms with van der Waals surface area (Å²) in [5.41, 5.74) is 0.0254. The van der Waals surface area contributed by atoms with E-state index < -0.39 is 23.8 Å². The molecule has 0 aromatic rings. The van der Waals surface area contributed by atoms with Gasteiger partial charge in [0.25, 0.3) is 0 Å². The Bertz CT molecular complexity index is 325. The molecule has 1 unspecified atom stereocenters. The van der Waals surface area contributed by atoms with Crippen molar-refractivity contribution in [3.8, 4) is 0 Å². The first kappa shape index (κ1) is 9.44. The average molecular weight is 184 g/mol. The van der Waals surface area contributed by atoms with E-state index in [-0.39, 0.29) is 11.1 Å². The summed E-state index contributed by atoms with van der Waals surface area (Å²) >= 11 is 0. The fraction of sp³-hybridized carbons (Fsp3) is 0.375. The van der Waals surface area contributed by atoms with E-state index in [0.29, 0.717) is 0 Å². The van der Waals surface area contributed by atoms with E-state index in [9.17, 15) is 14.4 Å². The lowest BCUT2D eigenvalue weighted by Crippen LogP contribution is -2.17. The number of aliphatic carboxylic acids is 1. The van der Waals surface area contributed by atoms with Gasteiger partial charge in [-0.2, -0.15) is 0 Å². The number of carbonyl (C=O) groups is 3. The summed E-state index contributed by atoms with van der Waals surface area (Å²) in [5, 5.41) is 8.61. The maximum absolute atomic E-state index is 11.0. The molecule has 0 saturated carbocycles. The van der Waals surface area contributed by atoms with Crippen LogP contribution >= 0.6 is 0 Å². The Morgan fingerprint density at radius 2 is 1.92 bits per heavy atom. The molecule has 0 spiro atoms. The van der Waals surface area contributed by atoms with E-state index in [1.807, 2.05) is 0 Å². The van der Waals surface area contributed by atoms with E-state index in [4.69, 9.17) is 5.11 Å². The van der Waals surface area contributed by atoms with Crippen LogP contribution in [0.5, 0.6) is 0 Å². The van der Waals surface area contributed by atoms with Crippen LogP contribution in [0.1, 0.15) is 13.8 Å². The van der Waals surface area contributed by atoms with E-state index in [0.717, 1.165) is 0 Å². The molecule has 0 radical (unpaired) electrons. The molecule has 0 fully saturated rings. The second-order valence-corrected chi connectivity index (χ2v) is 2.78. The molecule has 0 aromatic carbocycles. The number of esters is 2. The highest BCUT2D eigenvalue weighted by molar-refractivity contribution is 6.14. The summed E-state index contributed by atoms with van der Waals surface area (Å²) in [5.74, 6) is -3.76. The topological polar surface area (TPSA) is 80.7 Å². The summed E-state index contributed by atoms with van der Waals surface area (Å²) in [6.45, 7) is 2.71. The molecule has 1 aliphatic rings. The molecule has 1 N–H and O–H groups in total. The lowest BCUT2D eigenvalue weighted by molar-refractivity contribution is -0.152. The van der Waals surface area contributed by atoms with Crippen LogP contribution in [0, 0.1) is 5.92 Å². The number of carboxylic acids is 1. The zero-order chi connectivity index (χ0) is 10.2. The monoisotopic (exact) mass is 184 g/mol. The summed E-state index contributed by atoms with van der Waals surface area (Å²) in [4.78, 5) is 32.3. The van der Waals surface area contributed by atoms with E-state index in [1.165, 1.54) is 13.8 Å². The minimum absolute atomic E-state index is 0.0579. The number of carbonyl (C=O) groups excluding carboxylic acids is 2. The van der Waals surface area contributed by atoms with E-state index in [2.05, 4.69) is 4.74 Å². The molecule has 0 saturated heterocycles. The fourth-order valence-corrected chi connectivity index (χ4v) is 1.10. The normalized spacial score (nSPS) is 18.9. The standard InChI is InChI=1S/C8H8O5/c1-3(6(9)10)5-4(2)7(11)13-8(5)12/h3H,1-2H3,(H,9,10). The first-order chi connectivity index (χ1) is 5.95. The molecular formula is C8H8O5. The maximum atomic E-state index is 11.0. The van der Waals surface area contributed by atoms with Crippen molar-refractivity contribution >= 4 is 17.9 Å². The first-order valence-corrected chi connectivity index (χ1v) is 3.65. The van der Waals surface area contributed by atoms with Crippen molar-refractivity contribution in [2.75, 3.05) is 0 Å². The lowest BCUT2D eigenvalue weighted by Gasteiger charge is -2.03. The van der Waals surface area contributed by atoms with Gasteiger partial charge in [-0.05, 0) is 13.8 Å². The van der Waals surface area contributed by atoms with Crippen molar-refractivity contribution in [3.63, 3.8) is 0 Å². The van der Waals surface area contributed by atoms with Gasteiger partial charge < -0.3 is 9.84 Å². The molecular weight excluding hydrogens is 176 g/mol. The number of cyclic esters (lactones) is 2. The summed E-state index contributed by atoms with van der Waals surface area (Å²) in [7, 11) is 0. The SMILES string of the molecule is CC1=C(C(C)C(=O)O)C(=O)OC1=O. The molecule has 0 bridgehead atoms. The Morgan fingerprint density at radius 1 is 1.38 bits per heavy atom. The molecule has 70 valence electrons. The van der Waals surface area contributed by atoms with Gasteiger partial charge in [-0.3, -0.25) is 4.79 Å². The Labute approximate surface area is 74.0 Å². The minimum atomic E-state index is -1.15.